The highest BCUT2D eigenvalue weighted by Crippen LogP contribution is 2.24. The Morgan fingerprint density at radius 1 is 1.30 bits per heavy atom. The summed E-state index contributed by atoms with van der Waals surface area (Å²) in [5.74, 6) is 1.43. The van der Waals surface area contributed by atoms with Crippen molar-refractivity contribution in [1.29, 1.82) is 0 Å². The van der Waals surface area contributed by atoms with Gasteiger partial charge in [0, 0.05) is 5.39 Å². The maximum atomic E-state index is 5.96. The van der Waals surface area contributed by atoms with Gasteiger partial charge >= 0.3 is 0 Å². The van der Waals surface area contributed by atoms with Crippen LogP contribution in [0.4, 0.5) is 5.82 Å². The number of benzene rings is 1. The summed E-state index contributed by atoms with van der Waals surface area (Å²) in [4.78, 5) is 4.65. The quantitative estimate of drug-likeness (QED) is 0.710. The summed E-state index contributed by atoms with van der Waals surface area (Å²) in [6.07, 6.45) is 1.75. The third-order valence-electron chi connectivity index (χ3n) is 3.11. The highest BCUT2D eigenvalue weighted by atomic mass is 127. The van der Waals surface area contributed by atoms with Gasteiger partial charge < -0.3 is 10.5 Å². The van der Waals surface area contributed by atoms with E-state index in [4.69, 9.17) is 10.5 Å². The molecule has 2 N–H and O–H groups in total. The van der Waals surface area contributed by atoms with Gasteiger partial charge in [-0.25, -0.2) is 9.67 Å². The number of nitrogens with zero attached hydrogens (tertiary/aromatic N) is 3. The van der Waals surface area contributed by atoms with Crippen LogP contribution in [-0.2, 0) is 6.54 Å². The largest absolute Gasteiger partial charge is 0.494 e. The van der Waals surface area contributed by atoms with Crippen molar-refractivity contribution in [3.63, 3.8) is 0 Å². The van der Waals surface area contributed by atoms with E-state index in [1.54, 1.807) is 18.0 Å². The molecule has 0 aliphatic heterocycles. The van der Waals surface area contributed by atoms with Crippen LogP contribution in [0.2, 0.25) is 0 Å². The van der Waals surface area contributed by atoms with Crippen LogP contribution in [0.25, 0.3) is 10.9 Å². The number of hydrogen-bond donors (Lipinski definition) is 1. The Morgan fingerprint density at radius 3 is 2.85 bits per heavy atom. The highest BCUT2D eigenvalue weighted by molar-refractivity contribution is 14.1. The summed E-state index contributed by atoms with van der Waals surface area (Å²) in [5.41, 5.74) is 7.71. The molecule has 0 fully saturated rings. The van der Waals surface area contributed by atoms with E-state index in [2.05, 4.69) is 32.7 Å². The van der Waals surface area contributed by atoms with E-state index in [1.807, 2.05) is 30.3 Å². The van der Waals surface area contributed by atoms with Gasteiger partial charge in [0.25, 0.3) is 0 Å². The molecule has 0 saturated heterocycles. The third kappa shape index (κ3) is 2.31. The molecule has 0 bridgehead atoms. The second-order valence-electron chi connectivity index (χ2n) is 4.37. The fourth-order valence-corrected chi connectivity index (χ4v) is 2.47. The van der Waals surface area contributed by atoms with Gasteiger partial charge in [0.1, 0.15) is 17.1 Å². The van der Waals surface area contributed by atoms with Crippen LogP contribution >= 0.6 is 22.6 Å². The number of hydrogen-bond acceptors (Lipinski definition) is 4. The number of methoxy groups -OCH3 is 1. The Morgan fingerprint density at radius 2 is 2.15 bits per heavy atom. The molecule has 3 aromatic rings. The van der Waals surface area contributed by atoms with E-state index in [0.29, 0.717) is 12.4 Å². The summed E-state index contributed by atoms with van der Waals surface area (Å²) >= 11 is 2.16. The number of para-hydroxylation sites is 1. The van der Waals surface area contributed by atoms with Crippen LogP contribution in [-0.4, -0.2) is 21.9 Å². The van der Waals surface area contributed by atoms with Crippen LogP contribution in [0, 0.1) is 3.57 Å². The molecule has 5 nitrogen and oxygen atoms in total. The lowest BCUT2D eigenvalue weighted by Gasteiger charge is -2.08. The number of pyridine rings is 1. The zero-order chi connectivity index (χ0) is 14.1. The molecule has 2 aromatic heterocycles. The minimum atomic E-state index is 0.544. The molecule has 0 spiro atoms. The monoisotopic (exact) mass is 380 g/mol. The van der Waals surface area contributed by atoms with Crippen molar-refractivity contribution >= 4 is 39.3 Å². The molecule has 0 atom stereocenters. The van der Waals surface area contributed by atoms with Crippen LogP contribution in [0.1, 0.15) is 5.69 Å². The van der Waals surface area contributed by atoms with E-state index in [0.717, 1.165) is 25.9 Å². The van der Waals surface area contributed by atoms with E-state index < -0.39 is 0 Å². The van der Waals surface area contributed by atoms with Crippen molar-refractivity contribution in [2.45, 2.75) is 6.54 Å². The molecular weight excluding hydrogens is 367 g/mol. The molecule has 0 aliphatic rings. The van der Waals surface area contributed by atoms with E-state index in [1.165, 1.54) is 0 Å². The van der Waals surface area contributed by atoms with Gasteiger partial charge in [0.15, 0.2) is 0 Å². The number of nitrogen functional groups attached to an aromatic ring is 1. The predicted octanol–water partition coefficient (Wildman–Crippen LogP) is 2.67. The standard InChI is InChI=1S/C14H13IN4O/c1-20-12-4-2-3-9-5-6-10(18-13(9)12)8-19-14(16)11(15)7-17-19/h2-7H,8,16H2,1H3. The molecule has 0 unspecified atom stereocenters. The lowest BCUT2D eigenvalue weighted by atomic mass is 10.2. The summed E-state index contributed by atoms with van der Waals surface area (Å²) in [7, 11) is 1.65. The minimum absolute atomic E-state index is 0.544. The molecule has 102 valence electrons. The number of rotatable bonds is 3. The first-order valence-electron chi connectivity index (χ1n) is 6.08. The minimum Gasteiger partial charge on any atom is -0.494 e. The zero-order valence-electron chi connectivity index (χ0n) is 10.9. The molecule has 0 radical (unpaired) electrons. The van der Waals surface area contributed by atoms with Crippen LogP contribution in [0.5, 0.6) is 5.75 Å². The molecular formula is C14H13IN4O. The van der Waals surface area contributed by atoms with Gasteiger partial charge in [-0.2, -0.15) is 5.10 Å². The van der Waals surface area contributed by atoms with Crippen molar-refractivity contribution in [3.05, 3.63) is 45.8 Å². The molecule has 3 rings (SSSR count). The van der Waals surface area contributed by atoms with Crippen molar-refractivity contribution in [3.8, 4) is 5.75 Å². The van der Waals surface area contributed by atoms with E-state index in [9.17, 15) is 0 Å². The predicted molar refractivity (Wildman–Crippen MR) is 86.8 cm³/mol. The second-order valence-corrected chi connectivity index (χ2v) is 5.53. The Bertz CT molecular complexity index is 769. The van der Waals surface area contributed by atoms with Crippen molar-refractivity contribution in [2.24, 2.45) is 0 Å². The highest BCUT2D eigenvalue weighted by Gasteiger charge is 2.08. The summed E-state index contributed by atoms with van der Waals surface area (Å²) < 4.78 is 8.04. The first-order chi connectivity index (χ1) is 9.69. The Kier molecular flexibility index (Phi) is 3.47. The van der Waals surface area contributed by atoms with Crippen LogP contribution in [0.15, 0.2) is 36.5 Å². The fourth-order valence-electron chi connectivity index (χ4n) is 2.06. The van der Waals surface area contributed by atoms with Gasteiger partial charge in [-0.3, -0.25) is 0 Å². The van der Waals surface area contributed by atoms with Gasteiger partial charge in [0.05, 0.1) is 29.1 Å². The molecule has 1 aromatic carbocycles. The Hall–Kier alpha value is -1.83. The molecule has 0 aliphatic carbocycles. The summed E-state index contributed by atoms with van der Waals surface area (Å²) in [6, 6.07) is 9.89. The molecule has 6 heteroatoms. The van der Waals surface area contributed by atoms with Gasteiger partial charge in [0.2, 0.25) is 0 Å². The Labute approximate surface area is 129 Å². The zero-order valence-corrected chi connectivity index (χ0v) is 13.0. The number of aromatic nitrogens is 3. The SMILES string of the molecule is COc1cccc2ccc(Cn3ncc(I)c3N)nc12. The second kappa shape index (κ2) is 5.28. The van der Waals surface area contributed by atoms with E-state index >= 15 is 0 Å². The third-order valence-corrected chi connectivity index (χ3v) is 3.94. The smallest absolute Gasteiger partial charge is 0.145 e. The normalized spacial score (nSPS) is 10.9. The van der Waals surface area contributed by atoms with Crippen LogP contribution < -0.4 is 10.5 Å². The number of anilines is 1. The topological polar surface area (TPSA) is 66.0 Å². The van der Waals surface area contributed by atoms with Crippen molar-refractivity contribution in [2.75, 3.05) is 12.8 Å². The lowest BCUT2D eigenvalue weighted by Crippen LogP contribution is -2.07. The van der Waals surface area contributed by atoms with Gasteiger partial charge in [-0.1, -0.05) is 18.2 Å². The number of halogens is 1. The Balaban J connectivity index is 2.02. The number of fused-ring (bicyclic) bond motifs is 1. The number of ether oxygens (including phenoxy) is 1. The average Bonchev–Trinajstić information content (AvgIpc) is 2.78. The number of nitrogens with two attached hydrogens (primary N) is 1. The molecule has 0 saturated carbocycles. The summed E-state index contributed by atoms with van der Waals surface area (Å²) in [6.45, 7) is 0.544. The summed E-state index contributed by atoms with van der Waals surface area (Å²) in [5, 5.41) is 5.30. The lowest BCUT2D eigenvalue weighted by molar-refractivity contribution is 0.418. The van der Waals surface area contributed by atoms with Crippen molar-refractivity contribution < 1.29 is 4.74 Å². The molecule has 0 amide bonds. The maximum Gasteiger partial charge on any atom is 0.145 e. The average molecular weight is 380 g/mol. The van der Waals surface area contributed by atoms with Gasteiger partial charge in [-0.05, 0) is 34.7 Å². The first-order valence-corrected chi connectivity index (χ1v) is 7.16. The molecule has 20 heavy (non-hydrogen) atoms. The van der Waals surface area contributed by atoms with Gasteiger partial charge in [-0.15, -0.1) is 0 Å². The van der Waals surface area contributed by atoms with Crippen molar-refractivity contribution in [1.82, 2.24) is 14.8 Å². The molecule has 2 heterocycles. The maximum absolute atomic E-state index is 5.96. The van der Waals surface area contributed by atoms with E-state index in [-0.39, 0.29) is 0 Å². The first kappa shape index (κ1) is 13.2. The van der Waals surface area contributed by atoms with Crippen LogP contribution in [0.3, 0.4) is 0 Å². The fraction of sp³-hybridized carbons (Fsp3) is 0.143.